The summed E-state index contributed by atoms with van der Waals surface area (Å²) in [6.07, 6.45) is 4.76. The van der Waals surface area contributed by atoms with Crippen LogP contribution in [0.2, 0.25) is 0 Å². The Bertz CT molecular complexity index is 603. The number of nitrogens with zero attached hydrogens (tertiary/aromatic N) is 1. The average Bonchev–Trinajstić information content (AvgIpc) is 2.54. The molecule has 1 aliphatic rings. The van der Waals surface area contributed by atoms with Crippen molar-refractivity contribution in [3.63, 3.8) is 0 Å². The molecule has 1 amide bonds. The van der Waals surface area contributed by atoms with E-state index in [4.69, 9.17) is 10.3 Å². The first-order chi connectivity index (χ1) is 12.8. The minimum atomic E-state index is -4.57. The van der Waals surface area contributed by atoms with Crippen LogP contribution in [0, 0.1) is 5.41 Å². The molecule has 9 nitrogen and oxygen atoms in total. The molecule has 1 saturated heterocycles. The zero-order chi connectivity index (χ0) is 21.6. The SMILES string of the molecule is CCC(C)(CNC(=O)CN1C(C)CCCC1C)CC(C)(N)CNOS(=O)(=O)O. The van der Waals surface area contributed by atoms with Gasteiger partial charge in [0.25, 0.3) is 0 Å². The zero-order valence-corrected chi connectivity index (χ0v) is 18.6. The highest BCUT2D eigenvalue weighted by molar-refractivity contribution is 7.80. The summed E-state index contributed by atoms with van der Waals surface area (Å²) < 4.78 is 34.0. The van der Waals surface area contributed by atoms with Crippen molar-refractivity contribution in [2.75, 3.05) is 19.6 Å². The third-order valence-corrected chi connectivity index (χ3v) is 6.07. The molecule has 0 radical (unpaired) electrons. The number of hydrogen-bond acceptors (Lipinski definition) is 7. The molecule has 4 atom stereocenters. The van der Waals surface area contributed by atoms with Gasteiger partial charge in [-0.2, -0.15) is 18.2 Å². The van der Waals surface area contributed by atoms with E-state index in [-0.39, 0.29) is 17.9 Å². The molecule has 0 aromatic heterocycles. The summed E-state index contributed by atoms with van der Waals surface area (Å²) in [6, 6.07) is 0.821. The van der Waals surface area contributed by atoms with Crippen LogP contribution in [-0.4, -0.2) is 61.0 Å². The maximum atomic E-state index is 12.5. The lowest BCUT2D eigenvalue weighted by Gasteiger charge is -2.39. The van der Waals surface area contributed by atoms with Crippen molar-refractivity contribution < 1.29 is 22.0 Å². The Labute approximate surface area is 169 Å². The predicted molar refractivity (Wildman–Crippen MR) is 109 cm³/mol. The van der Waals surface area contributed by atoms with Crippen molar-refractivity contribution in [1.29, 1.82) is 0 Å². The normalized spacial score (nSPS) is 25.7. The van der Waals surface area contributed by atoms with Gasteiger partial charge in [0.1, 0.15) is 0 Å². The molecular weight excluding hydrogens is 384 g/mol. The fourth-order valence-electron chi connectivity index (χ4n) is 3.94. The van der Waals surface area contributed by atoms with Crippen LogP contribution < -0.4 is 16.5 Å². The molecule has 166 valence electrons. The summed E-state index contributed by atoms with van der Waals surface area (Å²) in [4.78, 5) is 14.8. The maximum Gasteiger partial charge on any atom is 0.413 e. The number of nitrogens with two attached hydrogens (primary N) is 1. The number of nitrogens with one attached hydrogen (secondary N) is 2. The van der Waals surface area contributed by atoms with Crippen molar-refractivity contribution in [3.05, 3.63) is 0 Å². The minimum Gasteiger partial charge on any atom is -0.354 e. The Kier molecular flexibility index (Phi) is 9.30. The monoisotopic (exact) mass is 422 g/mol. The average molecular weight is 423 g/mol. The summed E-state index contributed by atoms with van der Waals surface area (Å²) in [6.45, 7) is 11.1. The van der Waals surface area contributed by atoms with Crippen molar-refractivity contribution >= 4 is 16.3 Å². The summed E-state index contributed by atoms with van der Waals surface area (Å²) in [5, 5.41) is 3.04. The zero-order valence-electron chi connectivity index (χ0n) is 17.8. The van der Waals surface area contributed by atoms with Crippen LogP contribution in [0.4, 0.5) is 0 Å². The highest BCUT2D eigenvalue weighted by atomic mass is 32.3. The van der Waals surface area contributed by atoms with Gasteiger partial charge in [-0.15, -0.1) is 0 Å². The molecule has 0 bridgehead atoms. The molecule has 1 fully saturated rings. The number of carbonyl (C=O) groups excluding carboxylic acids is 1. The van der Waals surface area contributed by atoms with E-state index in [9.17, 15) is 13.2 Å². The smallest absolute Gasteiger partial charge is 0.354 e. The van der Waals surface area contributed by atoms with Crippen molar-refractivity contribution in [1.82, 2.24) is 15.7 Å². The Morgan fingerprint density at radius 2 is 1.82 bits per heavy atom. The van der Waals surface area contributed by atoms with Crippen LogP contribution in [0.1, 0.15) is 66.7 Å². The van der Waals surface area contributed by atoms with Crippen LogP contribution in [0.25, 0.3) is 0 Å². The molecule has 1 rings (SSSR count). The van der Waals surface area contributed by atoms with Crippen molar-refractivity contribution in [2.24, 2.45) is 11.1 Å². The number of piperidine rings is 1. The lowest BCUT2D eigenvalue weighted by Crippen LogP contribution is -2.53. The second-order valence-corrected chi connectivity index (χ2v) is 9.93. The van der Waals surface area contributed by atoms with Gasteiger partial charge in [0.15, 0.2) is 0 Å². The number of amides is 1. The highest BCUT2D eigenvalue weighted by Gasteiger charge is 2.33. The topological polar surface area (TPSA) is 134 Å². The van der Waals surface area contributed by atoms with Gasteiger partial charge in [0, 0.05) is 30.7 Å². The van der Waals surface area contributed by atoms with E-state index in [1.54, 1.807) is 6.92 Å². The summed E-state index contributed by atoms with van der Waals surface area (Å²) >= 11 is 0. The number of likely N-dealkylation sites (tertiary alicyclic amines) is 1. The van der Waals surface area contributed by atoms with Crippen LogP contribution >= 0.6 is 0 Å². The van der Waals surface area contributed by atoms with Crippen LogP contribution in [0.15, 0.2) is 0 Å². The fourth-order valence-corrected chi connectivity index (χ4v) is 4.15. The molecule has 5 N–H and O–H groups in total. The summed E-state index contributed by atoms with van der Waals surface area (Å²) in [5.74, 6) is 0.00633. The first-order valence-corrected chi connectivity index (χ1v) is 11.3. The standard InChI is InChI=1S/C18H38N4O5S/c1-6-17(4,11-18(5,19)13-21-27-28(24,25)26)12-20-16(23)10-22-14(2)8-7-9-15(22)3/h14-15,21H,6-13,19H2,1-5H3,(H,20,23)(H,24,25,26). The largest absolute Gasteiger partial charge is 0.413 e. The molecular formula is C18H38N4O5S. The van der Waals surface area contributed by atoms with Crippen LogP contribution in [-0.2, 0) is 19.5 Å². The van der Waals surface area contributed by atoms with E-state index in [0.717, 1.165) is 19.3 Å². The molecule has 0 spiro atoms. The van der Waals surface area contributed by atoms with Crippen LogP contribution in [0.3, 0.4) is 0 Å². The first kappa shape index (κ1) is 25.3. The van der Waals surface area contributed by atoms with Gasteiger partial charge < -0.3 is 11.1 Å². The van der Waals surface area contributed by atoms with E-state index in [0.29, 0.717) is 31.6 Å². The van der Waals surface area contributed by atoms with E-state index in [1.165, 1.54) is 6.42 Å². The van der Waals surface area contributed by atoms with E-state index >= 15 is 0 Å². The number of rotatable bonds is 11. The van der Waals surface area contributed by atoms with Crippen LogP contribution in [0.5, 0.6) is 0 Å². The molecule has 0 aliphatic carbocycles. The van der Waals surface area contributed by atoms with Gasteiger partial charge >= 0.3 is 10.4 Å². The van der Waals surface area contributed by atoms with E-state index in [1.807, 2.05) is 13.8 Å². The number of hydrogen-bond donors (Lipinski definition) is 4. The Morgan fingerprint density at radius 1 is 1.25 bits per heavy atom. The molecule has 1 heterocycles. The van der Waals surface area contributed by atoms with Gasteiger partial charge in [-0.3, -0.25) is 14.2 Å². The molecule has 4 unspecified atom stereocenters. The third-order valence-electron chi connectivity index (χ3n) is 5.74. The predicted octanol–water partition coefficient (Wildman–Crippen LogP) is 1.21. The van der Waals surface area contributed by atoms with E-state index in [2.05, 4.69) is 33.8 Å². The minimum absolute atomic E-state index is 0.00633. The Hall–Kier alpha value is -0.780. The molecule has 0 saturated carbocycles. The molecule has 28 heavy (non-hydrogen) atoms. The van der Waals surface area contributed by atoms with Gasteiger partial charge in [-0.1, -0.05) is 20.3 Å². The van der Waals surface area contributed by atoms with Crippen molar-refractivity contribution in [3.8, 4) is 0 Å². The fraction of sp³-hybridized carbons (Fsp3) is 0.944. The summed E-state index contributed by atoms with van der Waals surface area (Å²) in [7, 11) is -4.57. The molecule has 0 aromatic carbocycles. The van der Waals surface area contributed by atoms with Gasteiger partial charge in [0.05, 0.1) is 6.54 Å². The second kappa shape index (κ2) is 10.3. The third kappa shape index (κ3) is 9.15. The first-order valence-electron chi connectivity index (χ1n) is 9.97. The molecule has 0 aromatic rings. The second-order valence-electron chi connectivity index (χ2n) is 8.91. The Balaban J connectivity index is 2.54. The molecule has 1 aliphatic heterocycles. The number of hydroxylamine groups is 1. The van der Waals surface area contributed by atoms with Crippen molar-refractivity contribution in [2.45, 2.75) is 84.3 Å². The quantitative estimate of drug-likeness (QED) is 0.288. The highest BCUT2D eigenvalue weighted by Crippen LogP contribution is 2.30. The summed E-state index contributed by atoms with van der Waals surface area (Å²) in [5.41, 5.74) is 7.38. The van der Waals surface area contributed by atoms with Gasteiger partial charge in [-0.05, 0) is 51.9 Å². The Morgan fingerprint density at radius 3 is 2.32 bits per heavy atom. The maximum absolute atomic E-state index is 12.5. The number of carbonyl (C=O) groups is 1. The van der Waals surface area contributed by atoms with Gasteiger partial charge in [0.2, 0.25) is 5.91 Å². The lowest BCUT2D eigenvalue weighted by molar-refractivity contribution is -0.124. The lowest BCUT2D eigenvalue weighted by atomic mass is 9.76. The molecule has 10 heteroatoms. The van der Waals surface area contributed by atoms with Gasteiger partial charge in [-0.25, -0.2) is 0 Å². The van der Waals surface area contributed by atoms with E-state index < -0.39 is 15.9 Å².